The number of aryl methyl sites for hydroxylation is 1. The third-order valence-corrected chi connectivity index (χ3v) is 5.03. The number of hydrogen-bond donors (Lipinski definition) is 1. The molecule has 0 spiro atoms. The van der Waals surface area contributed by atoms with Crippen molar-refractivity contribution in [3.05, 3.63) is 12.5 Å². The van der Waals surface area contributed by atoms with Gasteiger partial charge in [0.15, 0.2) is 5.03 Å². The Morgan fingerprint density at radius 1 is 1.59 bits per heavy atom. The van der Waals surface area contributed by atoms with Gasteiger partial charge in [-0.15, -0.1) is 0 Å². The first-order valence-electron chi connectivity index (χ1n) is 5.56. The highest BCUT2D eigenvalue weighted by molar-refractivity contribution is 7.89. The topological polar surface area (TPSA) is 81.2 Å². The minimum Gasteiger partial charge on any atom is -0.339 e. The van der Waals surface area contributed by atoms with E-state index in [2.05, 4.69) is 4.98 Å². The molecule has 0 saturated carbocycles. The highest BCUT2D eigenvalue weighted by atomic mass is 32.2. The Kier molecular flexibility index (Phi) is 3.01. The first-order chi connectivity index (χ1) is 7.87. The highest BCUT2D eigenvalue weighted by Gasteiger charge is 2.39. The molecule has 2 N–H and O–H groups in total. The Bertz CT molecular complexity index is 510. The molecule has 1 unspecified atom stereocenters. The number of hydrogen-bond acceptors (Lipinski definition) is 4. The van der Waals surface area contributed by atoms with E-state index in [4.69, 9.17) is 5.73 Å². The maximum Gasteiger partial charge on any atom is 0.262 e. The minimum absolute atomic E-state index is 0.109. The Morgan fingerprint density at radius 3 is 2.76 bits per heavy atom. The molecular formula is C10H18N4O2S. The molecule has 1 fully saturated rings. The number of imidazole rings is 1. The van der Waals surface area contributed by atoms with Crippen LogP contribution >= 0.6 is 0 Å². The molecule has 0 aliphatic carbocycles. The van der Waals surface area contributed by atoms with Gasteiger partial charge in [-0.05, 0) is 18.4 Å². The van der Waals surface area contributed by atoms with Crippen LogP contribution in [0.5, 0.6) is 0 Å². The summed E-state index contributed by atoms with van der Waals surface area (Å²) < 4.78 is 27.6. The smallest absolute Gasteiger partial charge is 0.262 e. The molecule has 1 aliphatic heterocycles. The maximum absolute atomic E-state index is 12.3. The van der Waals surface area contributed by atoms with Gasteiger partial charge in [0, 0.05) is 26.3 Å². The molecule has 1 atom stereocenters. The second-order valence-electron chi connectivity index (χ2n) is 4.98. The third-order valence-electron chi connectivity index (χ3n) is 3.30. The first-order valence-corrected chi connectivity index (χ1v) is 7.00. The Hall–Kier alpha value is -0.920. The molecule has 0 bridgehead atoms. The summed E-state index contributed by atoms with van der Waals surface area (Å²) >= 11 is 0. The summed E-state index contributed by atoms with van der Waals surface area (Å²) in [6, 6.07) is 0. The summed E-state index contributed by atoms with van der Waals surface area (Å²) in [5.74, 6) is 0. The van der Waals surface area contributed by atoms with Crippen molar-refractivity contribution in [1.82, 2.24) is 13.9 Å². The molecule has 1 aliphatic rings. The third kappa shape index (κ3) is 2.22. The molecule has 0 radical (unpaired) electrons. The molecule has 17 heavy (non-hydrogen) atoms. The van der Waals surface area contributed by atoms with E-state index in [0.717, 1.165) is 6.42 Å². The van der Waals surface area contributed by atoms with Gasteiger partial charge in [0.2, 0.25) is 0 Å². The van der Waals surface area contributed by atoms with Crippen LogP contribution in [-0.4, -0.2) is 41.9 Å². The fraction of sp³-hybridized carbons (Fsp3) is 0.700. The molecule has 1 aromatic heterocycles. The van der Waals surface area contributed by atoms with E-state index in [1.165, 1.54) is 16.8 Å². The van der Waals surface area contributed by atoms with Crippen molar-refractivity contribution < 1.29 is 8.42 Å². The van der Waals surface area contributed by atoms with Gasteiger partial charge in [0.1, 0.15) is 0 Å². The van der Waals surface area contributed by atoms with E-state index in [1.54, 1.807) is 11.6 Å². The van der Waals surface area contributed by atoms with Crippen molar-refractivity contribution in [3.63, 3.8) is 0 Å². The largest absolute Gasteiger partial charge is 0.339 e. The number of nitrogens with two attached hydrogens (primary N) is 1. The summed E-state index contributed by atoms with van der Waals surface area (Å²) in [7, 11) is -1.70. The van der Waals surface area contributed by atoms with E-state index in [-0.39, 0.29) is 10.4 Å². The fourth-order valence-corrected chi connectivity index (χ4v) is 3.56. The molecule has 7 heteroatoms. The van der Waals surface area contributed by atoms with Gasteiger partial charge >= 0.3 is 0 Å². The van der Waals surface area contributed by atoms with Gasteiger partial charge in [-0.3, -0.25) is 0 Å². The zero-order valence-electron chi connectivity index (χ0n) is 10.1. The average molecular weight is 258 g/mol. The normalized spacial score (nSPS) is 26.5. The van der Waals surface area contributed by atoms with Crippen molar-refractivity contribution in [2.75, 3.05) is 19.6 Å². The van der Waals surface area contributed by atoms with Crippen LogP contribution in [0.4, 0.5) is 0 Å². The lowest BCUT2D eigenvalue weighted by atomic mass is 9.90. The lowest BCUT2D eigenvalue weighted by Gasteiger charge is -2.21. The van der Waals surface area contributed by atoms with Crippen LogP contribution in [0.3, 0.4) is 0 Å². The van der Waals surface area contributed by atoms with Crippen LogP contribution in [0.2, 0.25) is 0 Å². The van der Waals surface area contributed by atoms with Crippen LogP contribution in [-0.2, 0) is 17.1 Å². The quantitative estimate of drug-likeness (QED) is 0.812. The van der Waals surface area contributed by atoms with Gasteiger partial charge in [0.05, 0.1) is 6.33 Å². The molecular weight excluding hydrogens is 240 g/mol. The zero-order chi connectivity index (χ0) is 12.7. The molecule has 2 rings (SSSR count). The first kappa shape index (κ1) is 12.5. The van der Waals surface area contributed by atoms with Crippen molar-refractivity contribution >= 4 is 10.0 Å². The van der Waals surface area contributed by atoms with Crippen LogP contribution in [0, 0.1) is 5.41 Å². The average Bonchev–Trinajstić information content (AvgIpc) is 2.86. The van der Waals surface area contributed by atoms with Gasteiger partial charge < -0.3 is 10.3 Å². The summed E-state index contributed by atoms with van der Waals surface area (Å²) in [4.78, 5) is 3.91. The molecule has 0 amide bonds. The van der Waals surface area contributed by atoms with Crippen molar-refractivity contribution in [3.8, 4) is 0 Å². The zero-order valence-corrected chi connectivity index (χ0v) is 10.9. The van der Waals surface area contributed by atoms with E-state index >= 15 is 0 Å². The van der Waals surface area contributed by atoms with E-state index < -0.39 is 10.0 Å². The van der Waals surface area contributed by atoms with E-state index in [0.29, 0.717) is 19.6 Å². The molecule has 1 saturated heterocycles. The Labute approximate surface area is 101 Å². The fourth-order valence-electron chi connectivity index (χ4n) is 2.00. The second-order valence-corrected chi connectivity index (χ2v) is 6.87. The lowest BCUT2D eigenvalue weighted by molar-refractivity contribution is 0.349. The molecule has 96 valence electrons. The van der Waals surface area contributed by atoms with E-state index in [9.17, 15) is 8.42 Å². The number of nitrogens with zero attached hydrogens (tertiary/aromatic N) is 3. The standard InChI is InChI=1S/C10H18N4O2S/c1-10(6-11)3-4-14(7-10)17(15,16)9-5-13(2)8-12-9/h5,8H,3-4,6-7,11H2,1-2H3. The summed E-state index contributed by atoms with van der Waals surface area (Å²) in [6.07, 6.45) is 3.81. The molecule has 1 aromatic rings. The number of aromatic nitrogens is 2. The SMILES string of the molecule is Cn1cnc(S(=O)(=O)N2CCC(C)(CN)C2)c1. The minimum atomic E-state index is -3.45. The molecule has 2 heterocycles. The van der Waals surface area contributed by atoms with Crippen molar-refractivity contribution in [2.45, 2.75) is 18.4 Å². The predicted molar refractivity (Wildman–Crippen MR) is 63.7 cm³/mol. The number of sulfonamides is 1. The van der Waals surface area contributed by atoms with Gasteiger partial charge in [-0.1, -0.05) is 6.92 Å². The monoisotopic (exact) mass is 258 g/mol. The second kappa shape index (κ2) is 4.08. The highest BCUT2D eigenvalue weighted by Crippen LogP contribution is 2.31. The summed E-state index contributed by atoms with van der Waals surface area (Å²) in [6.45, 7) is 3.51. The van der Waals surface area contributed by atoms with E-state index in [1.807, 2.05) is 6.92 Å². The van der Waals surface area contributed by atoms with Gasteiger partial charge in [0.25, 0.3) is 10.0 Å². The molecule has 0 aromatic carbocycles. The van der Waals surface area contributed by atoms with Crippen molar-refractivity contribution in [2.24, 2.45) is 18.2 Å². The van der Waals surface area contributed by atoms with Gasteiger partial charge in [-0.2, -0.15) is 4.31 Å². The van der Waals surface area contributed by atoms with Gasteiger partial charge in [-0.25, -0.2) is 13.4 Å². The van der Waals surface area contributed by atoms with Crippen LogP contribution in [0.1, 0.15) is 13.3 Å². The Balaban J connectivity index is 2.24. The van der Waals surface area contributed by atoms with Crippen molar-refractivity contribution in [1.29, 1.82) is 0 Å². The lowest BCUT2D eigenvalue weighted by Crippen LogP contribution is -2.34. The van der Waals surface area contributed by atoms with Crippen LogP contribution in [0.25, 0.3) is 0 Å². The van der Waals surface area contributed by atoms with Crippen LogP contribution in [0.15, 0.2) is 17.6 Å². The maximum atomic E-state index is 12.3. The number of rotatable bonds is 3. The summed E-state index contributed by atoms with van der Waals surface area (Å²) in [5, 5.41) is 0.112. The van der Waals surface area contributed by atoms with Crippen LogP contribution < -0.4 is 5.73 Å². The Morgan fingerprint density at radius 2 is 2.29 bits per heavy atom. The molecule has 6 nitrogen and oxygen atoms in total. The predicted octanol–water partition coefficient (Wildman–Crippen LogP) is -0.220. The summed E-state index contributed by atoms with van der Waals surface area (Å²) in [5.41, 5.74) is 5.57.